The zero-order valence-corrected chi connectivity index (χ0v) is 30.0. The molecule has 1 unspecified atom stereocenters. The number of carbonyl (C=O) groups excluding carboxylic acids is 3. The number of ether oxygens (including phenoxy) is 1. The van der Waals surface area contributed by atoms with Crippen molar-refractivity contribution in [3.05, 3.63) is 78.6 Å². The van der Waals surface area contributed by atoms with Gasteiger partial charge in [-0.3, -0.25) is 19.4 Å². The van der Waals surface area contributed by atoms with Gasteiger partial charge in [-0.25, -0.2) is 0 Å². The maximum atomic E-state index is 15.6. The number of pyridine rings is 1. The Hall–Kier alpha value is -3.83. The Morgan fingerprint density at radius 3 is 2.33 bits per heavy atom. The third kappa shape index (κ3) is 12.1. The van der Waals surface area contributed by atoms with E-state index in [1.807, 2.05) is 0 Å². The first-order chi connectivity index (χ1) is 24.9. The normalized spacial score (nSPS) is 18.4. The van der Waals surface area contributed by atoms with Gasteiger partial charge in [0.05, 0.1) is 19.3 Å². The Labute approximate surface area is 304 Å². The van der Waals surface area contributed by atoms with Gasteiger partial charge in [-0.15, -0.1) is 6.58 Å². The van der Waals surface area contributed by atoms with Gasteiger partial charge >= 0.3 is 5.92 Å². The highest BCUT2D eigenvalue weighted by molar-refractivity contribution is 7.87. The number of aliphatic hydroxyl groups is 1. The molecule has 1 aromatic carbocycles. The van der Waals surface area contributed by atoms with E-state index in [2.05, 4.69) is 32.2 Å². The summed E-state index contributed by atoms with van der Waals surface area (Å²) in [5.41, 5.74) is 1.23. The minimum atomic E-state index is -4.27. The maximum Gasteiger partial charge on any atom is 0.351 e. The van der Waals surface area contributed by atoms with Crippen molar-refractivity contribution in [2.45, 2.75) is 87.9 Å². The average molecular weight is 749 g/mol. The van der Waals surface area contributed by atoms with Crippen molar-refractivity contribution in [1.82, 2.24) is 30.0 Å². The summed E-state index contributed by atoms with van der Waals surface area (Å²) in [6.07, 6.45) is 4.42. The van der Waals surface area contributed by atoms with Crippen LogP contribution in [0.25, 0.3) is 0 Å². The Morgan fingerprint density at radius 2 is 1.67 bits per heavy atom. The molecule has 0 bridgehead atoms. The number of nitrogens with one attached hydrogen (secondary N) is 4. The van der Waals surface area contributed by atoms with Crippen LogP contribution in [0.4, 0.5) is 8.78 Å². The summed E-state index contributed by atoms with van der Waals surface area (Å²) in [7, 11) is -4.15. The molecule has 4 atom stereocenters. The molecule has 1 aliphatic carbocycles. The van der Waals surface area contributed by atoms with Crippen LogP contribution in [0.2, 0.25) is 0 Å². The first-order valence-electron chi connectivity index (χ1n) is 17.8. The summed E-state index contributed by atoms with van der Waals surface area (Å²) in [4.78, 5) is 44.4. The molecule has 286 valence electrons. The molecule has 1 saturated carbocycles. The number of hydrogen-bond donors (Lipinski definition) is 5. The summed E-state index contributed by atoms with van der Waals surface area (Å²) < 4.78 is 66.6. The number of alkyl halides is 2. The van der Waals surface area contributed by atoms with Gasteiger partial charge in [0, 0.05) is 37.9 Å². The highest BCUT2D eigenvalue weighted by atomic mass is 32.2. The lowest BCUT2D eigenvalue weighted by Crippen LogP contribution is -2.61. The van der Waals surface area contributed by atoms with Gasteiger partial charge in [-0.05, 0) is 42.9 Å². The fourth-order valence-corrected chi connectivity index (χ4v) is 7.77. The summed E-state index contributed by atoms with van der Waals surface area (Å²) >= 11 is 0. The number of nitrogens with zero attached hydrogens (tertiary/aromatic N) is 2. The van der Waals surface area contributed by atoms with Crippen molar-refractivity contribution in [2.75, 3.05) is 32.8 Å². The molecule has 13 nitrogen and oxygen atoms in total. The lowest BCUT2D eigenvalue weighted by molar-refractivity contribution is -0.168. The van der Waals surface area contributed by atoms with Crippen LogP contribution in [0, 0.1) is 5.92 Å². The number of halogens is 2. The van der Waals surface area contributed by atoms with E-state index in [4.69, 9.17) is 4.74 Å². The van der Waals surface area contributed by atoms with Crippen molar-refractivity contribution < 1.29 is 41.4 Å². The molecule has 2 heterocycles. The first-order valence-corrected chi connectivity index (χ1v) is 19.2. The van der Waals surface area contributed by atoms with E-state index in [-0.39, 0.29) is 64.4 Å². The number of aromatic nitrogens is 1. The van der Waals surface area contributed by atoms with Crippen LogP contribution in [-0.2, 0) is 42.2 Å². The van der Waals surface area contributed by atoms with Crippen LogP contribution in [0.15, 0.2) is 67.4 Å². The molecule has 1 saturated heterocycles. The van der Waals surface area contributed by atoms with Crippen molar-refractivity contribution in [3.63, 3.8) is 0 Å². The van der Waals surface area contributed by atoms with Gasteiger partial charge in [0.1, 0.15) is 18.2 Å². The fraction of sp³-hybridized carbons (Fsp3) is 0.556. The van der Waals surface area contributed by atoms with Crippen LogP contribution in [-0.4, -0.2) is 104 Å². The van der Waals surface area contributed by atoms with Crippen LogP contribution in [0.5, 0.6) is 0 Å². The second-order valence-electron chi connectivity index (χ2n) is 13.2. The minimum absolute atomic E-state index is 0.0194. The van der Waals surface area contributed by atoms with Gasteiger partial charge < -0.3 is 25.8 Å². The first kappa shape index (κ1) is 40.9. The topological polar surface area (TPSA) is 179 Å². The predicted octanol–water partition coefficient (Wildman–Crippen LogP) is 2.03. The number of rotatable bonds is 19. The molecule has 2 aliphatic rings. The van der Waals surface area contributed by atoms with E-state index in [1.165, 1.54) is 10.4 Å². The molecule has 0 radical (unpaired) electrons. The molecular formula is C36H50F2N6O7S. The quantitative estimate of drug-likeness (QED) is 0.136. The van der Waals surface area contributed by atoms with Crippen LogP contribution < -0.4 is 20.7 Å². The Morgan fingerprint density at radius 1 is 1.00 bits per heavy atom. The van der Waals surface area contributed by atoms with E-state index in [9.17, 15) is 27.9 Å². The van der Waals surface area contributed by atoms with Crippen molar-refractivity contribution in [1.29, 1.82) is 0 Å². The third-order valence-corrected chi connectivity index (χ3v) is 11.0. The molecular weight excluding hydrogens is 698 g/mol. The Balaban J connectivity index is 1.49. The van der Waals surface area contributed by atoms with E-state index >= 15 is 8.78 Å². The standard InChI is InChI=1S/C36H50F2N6O7S/c1-2-11-29(41-34(47)31(25-27-14-7-4-8-15-27)43-52(49,50)44-20-22-51-23-21-44)33(46)42-30(24-26-12-5-3-6-13-26)32(45)36(37,38)35(48)40-19-17-28-16-9-10-18-39-28/h2,4,7-10,14-16,18,26,29-32,43,45H,1,3,5-6,11-13,17,19-25H2,(H,40,48)(H,41,47)(H,42,46)/t29-,30-,31-,32?/m0/s1. The van der Waals surface area contributed by atoms with Crippen molar-refractivity contribution in [2.24, 2.45) is 5.92 Å². The molecule has 0 spiro atoms. The summed E-state index contributed by atoms with van der Waals surface area (Å²) in [5, 5.41) is 18.3. The number of benzene rings is 1. The van der Waals surface area contributed by atoms with Gasteiger partial charge in [-0.2, -0.15) is 26.2 Å². The molecule has 5 N–H and O–H groups in total. The van der Waals surface area contributed by atoms with Crippen molar-refractivity contribution >= 4 is 27.9 Å². The van der Waals surface area contributed by atoms with Crippen LogP contribution >= 0.6 is 0 Å². The number of hydrogen-bond acceptors (Lipinski definition) is 8. The van der Waals surface area contributed by atoms with E-state index < -0.39 is 58.1 Å². The van der Waals surface area contributed by atoms with Gasteiger partial charge in [0.2, 0.25) is 11.8 Å². The number of amides is 3. The van der Waals surface area contributed by atoms with E-state index in [0.29, 0.717) is 24.1 Å². The molecule has 1 aliphatic heterocycles. The minimum Gasteiger partial charge on any atom is -0.384 e. The smallest absolute Gasteiger partial charge is 0.351 e. The molecule has 52 heavy (non-hydrogen) atoms. The number of morpholine rings is 1. The lowest BCUT2D eigenvalue weighted by atomic mass is 9.82. The van der Waals surface area contributed by atoms with Gasteiger partial charge in [0.15, 0.2) is 0 Å². The molecule has 4 rings (SSSR count). The number of carbonyl (C=O) groups is 3. The Kier molecular flexibility index (Phi) is 15.6. The second kappa shape index (κ2) is 19.9. The maximum absolute atomic E-state index is 15.6. The van der Waals surface area contributed by atoms with Crippen LogP contribution in [0.3, 0.4) is 0 Å². The fourth-order valence-electron chi connectivity index (χ4n) is 6.44. The average Bonchev–Trinajstić information content (AvgIpc) is 3.15. The highest BCUT2D eigenvalue weighted by Gasteiger charge is 2.51. The predicted molar refractivity (Wildman–Crippen MR) is 190 cm³/mol. The molecule has 16 heteroatoms. The second-order valence-corrected chi connectivity index (χ2v) is 14.9. The SMILES string of the molecule is C=CC[C@H](NC(=O)[C@H](Cc1ccccc1)NS(=O)(=O)N1CCOCC1)C(=O)N[C@@H](CC1CCCCC1)C(O)C(F)(F)C(=O)NCCc1ccccn1. The Bertz CT molecular complexity index is 1560. The monoisotopic (exact) mass is 748 g/mol. The molecule has 2 aromatic rings. The molecule has 2 fully saturated rings. The van der Waals surface area contributed by atoms with Gasteiger partial charge in [0.25, 0.3) is 16.1 Å². The zero-order valence-electron chi connectivity index (χ0n) is 29.2. The van der Waals surface area contributed by atoms with Gasteiger partial charge in [-0.1, -0.05) is 74.6 Å². The summed E-state index contributed by atoms with van der Waals surface area (Å²) in [6.45, 7) is 4.08. The zero-order chi connectivity index (χ0) is 37.6. The molecule has 1 aromatic heterocycles. The lowest BCUT2D eigenvalue weighted by Gasteiger charge is -2.34. The largest absolute Gasteiger partial charge is 0.384 e. The van der Waals surface area contributed by atoms with Crippen molar-refractivity contribution in [3.8, 4) is 0 Å². The molecule has 3 amide bonds. The van der Waals surface area contributed by atoms with E-state index in [1.54, 1.807) is 54.7 Å². The number of aliphatic hydroxyl groups excluding tert-OH is 1. The summed E-state index contributed by atoms with van der Waals surface area (Å²) in [5.74, 6) is -7.77. The van der Waals surface area contributed by atoms with E-state index in [0.717, 1.165) is 19.3 Å². The van der Waals surface area contributed by atoms with Crippen LogP contribution in [0.1, 0.15) is 56.2 Å². The third-order valence-electron chi connectivity index (χ3n) is 9.32. The summed E-state index contributed by atoms with van der Waals surface area (Å²) in [6, 6.07) is 9.57. The highest BCUT2D eigenvalue weighted by Crippen LogP contribution is 2.31.